The van der Waals surface area contributed by atoms with Crippen LogP contribution in [0.25, 0.3) is 0 Å². The Kier molecular flexibility index (Phi) is 4.16. The van der Waals surface area contributed by atoms with E-state index in [1.165, 1.54) is 0 Å². The number of nitrogens with one attached hydrogen (secondary N) is 1. The summed E-state index contributed by atoms with van der Waals surface area (Å²) in [5.41, 5.74) is 0.891. The van der Waals surface area contributed by atoms with Gasteiger partial charge in [-0.1, -0.05) is 30.3 Å². The van der Waals surface area contributed by atoms with Gasteiger partial charge >= 0.3 is 5.97 Å². The predicted octanol–water partition coefficient (Wildman–Crippen LogP) is 1.73. The summed E-state index contributed by atoms with van der Waals surface area (Å²) in [6.45, 7) is 0.855. The van der Waals surface area contributed by atoms with Crippen LogP contribution in [-0.4, -0.2) is 41.0 Å². The van der Waals surface area contributed by atoms with Crippen LogP contribution in [0, 0.1) is 0 Å². The van der Waals surface area contributed by atoms with Crippen LogP contribution in [0.1, 0.15) is 37.7 Å². The molecule has 1 saturated carbocycles. The van der Waals surface area contributed by atoms with E-state index in [0.717, 1.165) is 31.2 Å². The second kappa shape index (κ2) is 6.08. The number of carbonyl (C=O) groups is 2. The maximum absolute atomic E-state index is 12.4. The number of hydrogen-bond donors (Lipinski definition) is 2. The second-order valence-corrected chi connectivity index (χ2v) is 6.32. The molecule has 1 aliphatic heterocycles. The molecule has 22 heavy (non-hydrogen) atoms. The number of aliphatic carboxylic acids is 1. The lowest BCUT2D eigenvalue weighted by atomic mass is 9.72. The third-order valence-corrected chi connectivity index (χ3v) is 4.91. The highest BCUT2D eigenvalue weighted by atomic mass is 16.4. The van der Waals surface area contributed by atoms with Gasteiger partial charge in [-0.25, -0.2) is 0 Å². The summed E-state index contributed by atoms with van der Waals surface area (Å²) in [4.78, 5) is 25.4. The van der Waals surface area contributed by atoms with Crippen LogP contribution in [0.15, 0.2) is 30.3 Å². The third kappa shape index (κ3) is 2.86. The van der Waals surface area contributed by atoms with Crippen molar-refractivity contribution in [3.05, 3.63) is 35.9 Å². The second-order valence-electron chi connectivity index (χ2n) is 6.32. The van der Waals surface area contributed by atoms with Gasteiger partial charge in [0.1, 0.15) is 6.04 Å². The van der Waals surface area contributed by atoms with Crippen molar-refractivity contribution in [3.63, 3.8) is 0 Å². The highest BCUT2D eigenvalue weighted by molar-refractivity contribution is 5.81. The Morgan fingerprint density at radius 3 is 2.55 bits per heavy atom. The molecule has 1 amide bonds. The fourth-order valence-corrected chi connectivity index (χ4v) is 3.56. The summed E-state index contributed by atoms with van der Waals surface area (Å²) >= 11 is 0. The zero-order valence-electron chi connectivity index (χ0n) is 12.6. The highest BCUT2D eigenvalue weighted by Gasteiger charge is 2.40. The van der Waals surface area contributed by atoms with Crippen LogP contribution in [0.4, 0.5) is 0 Å². The number of hydrogen-bond acceptors (Lipinski definition) is 3. The molecule has 118 valence electrons. The molecule has 3 rings (SSSR count). The van der Waals surface area contributed by atoms with Gasteiger partial charge in [0.25, 0.3) is 0 Å². The van der Waals surface area contributed by atoms with Crippen molar-refractivity contribution in [2.45, 2.75) is 43.7 Å². The number of carbonyl (C=O) groups excluding carboxylic acids is 1. The SMILES string of the molecule is O=C(CN1CCC[C@@H]1C(=O)O)NC1(c2ccccc2)CCC1. The summed E-state index contributed by atoms with van der Waals surface area (Å²) in [5.74, 6) is -0.900. The fraction of sp³-hybridized carbons (Fsp3) is 0.529. The molecule has 5 nitrogen and oxygen atoms in total. The number of amides is 1. The Balaban J connectivity index is 1.65. The molecule has 0 unspecified atom stereocenters. The number of benzene rings is 1. The lowest BCUT2D eigenvalue weighted by molar-refractivity contribution is -0.142. The van der Waals surface area contributed by atoms with Crippen molar-refractivity contribution in [1.82, 2.24) is 10.2 Å². The van der Waals surface area contributed by atoms with E-state index in [4.69, 9.17) is 0 Å². The number of nitrogens with zero attached hydrogens (tertiary/aromatic N) is 1. The molecule has 0 radical (unpaired) electrons. The quantitative estimate of drug-likeness (QED) is 0.869. The summed E-state index contributed by atoms with van der Waals surface area (Å²) in [6.07, 6.45) is 4.48. The number of rotatable bonds is 5. The van der Waals surface area contributed by atoms with E-state index < -0.39 is 12.0 Å². The molecular weight excluding hydrogens is 280 g/mol. The van der Waals surface area contributed by atoms with Crippen molar-refractivity contribution < 1.29 is 14.7 Å². The van der Waals surface area contributed by atoms with Gasteiger partial charge in [0.2, 0.25) is 5.91 Å². The van der Waals surface area contributed by atoms with Crippen LogP contribution < -0.4 is 5.32 Å². The standard InChI is InChI=1S/C17H22N2O3/c20-15(12-19-11-4-8-14(19)16(21)22)18-17(9-5-10-17)13-6-2-1-3-7-13/h1-3,6-7,14H,4-5,8-12H2,(H,18,20)(H,21,22)/t14-/m1/s1. The smallest absolute Gasteiger partial charge is 0.320 e. The molecule has 2 N–H and O–H groups in total. The monoisotopic (exact) mass is 302 g/mol. The van der Waals surface area contributed by atoms with Crippen molar-refractivity contribution in [2.24, 2.45) is 0 Å². The lowest BCUT2D eigenvalue weighted by Crippen LogP contribution is -2.54. The first-order valence-corrected chi connectivity index (χ1v) is 7.94. The minimum absolute atomic E-state index is 0.0725. The highest BCUT2D eigenvalue weighted by Crippen LogP contribution is 2.41. The van der Waals surface area contributed by atoms with E-state index in [2.05, 4.69) is 17.4 Å². The van der Waals surface area contributed by atoms with Gasteiger partial charge in [-0.3, -0.25) is 14.5 Å². The maximum atomic E-state index is 12.4. The predicted molar refractivity (Wildman–Crippen MR) is 82.3 cm³/mol. The Bertz CT molecular complexity index is 554. The molecule has 0 spiro atoms. The molecule has 0 aromatic heterocycles. The molecule has 2 aliphatic rings. The minimum Gasteiger partial charge on any atom is -0.480 e. The van der Waals surface area contributed by atoms with E-state index in [1.807, 2.05) is 18.2 Å². The Morgan fingerprint density at radius 2 is 1.95 bits per heavy atom. The van der Waals surface area contributed by atoms with Gasteiger partial charge in [0.15, 0.2) is 0 Å². The molecule has 1 saturated heterocycles. The van der Waals surface area contributed by atoms with Crippen molar-refractivity contribution in [2.75, 3.05) is 13.1 Å². The van der Waals surface area contributed by atoms with Gasteiger partial charge in [0, 0.05) is 0 Å². The minimum atomic E-state index is -0.827. The maximum Gasteiger partial charge on any atom is 0.320 e. The van der Waals surface area contributed by atoms with Crippen molar-refractivity contribution in [1.29, 1.82) is 0 Å². The molecule has 1 aromatic carbocycles. The summed E-state index contributed by atoms with van der Waals surface area (Å²) in [7, 11) is 0. The Hall–Kier alpha value is -1.88. The van der Waals surface area contributed by atoms with E-state index in [1.54, 1.807) is 4.90 Å². The molecule has 0 bridgehead atoms. The van der Waals surface area contributed by atoms with Gasteiger partial charge in [-0.15, -0.1) is 0 Å². The van der Waals surface area contributed by atoms with E-state index >= 15 is 0 Å². The summed E-state index contributed by atoms with van der Waals surface area (Å²) < 4.78 is 0. The number of carboxylic acid groups (broad SMARTS) is 1. The first-order valence-electron chi connectivity index (χ1n) is 7.94. The molecule has 2 fully saturated rings. The van der Waals surface area contributed by atoms with Crippen LogP contribution >= 0.6 is 0 Å². The normalized spacial score (nSPS) is 23.7. The number of carboxylic acids is 1. The van der Waals surface area contributed by atoms with Gasteiger partial charge in [-0.2, -0.15) is 0 Å². The largest absolute Gasteiger partial charge is 0.480 e. The van der Waals surface area contributed by atoms with Crippen molar-refractivity contribution >= 4 is 11.9 Å². The van der Waals surface area contributed by atoms with E-state index in [9.17, 15) is 14.7 Å². The fourth-order valence-electron chi connectivity index (χ4n) is 3.56. The molecule has 5 heteroatoms. The third-order valence-electron chi connectivity index (χ3n) is 4.91. The van der Waals surface area contributed by atoms with E-state index in [-0.39, 0.29) is 18.0 Å². The van der Waals surface area contributed by atoms with Gasteiger partial charge in [0.05, 0.1) is 12.1 Å². The Morgan fingerprint density at radius 1 is 1.23 bits per heavy atom. The average molecular weight is 302 g/mol. The van der Waals surface area contributed by atoms with Crippen molar-refractivity contribution in [3.8, 4) is 0 Å². The zero-order chi connectivity index (χ0) is 15.6. The van der Waals surface area contributed by atoms with Crippen LogP contribution in [0.3, 0.4) is 0 Å². The van der Waals surface area contributed by atoms with Crippen LogP contribution in [-0.2, 0) is 15.1 Å². The molecule has 1 atom stereocenters. The van der Waals surface area contributed by atoms with Crippen LogP contribution in [0.5, 0.6) is 0 Å². The first kappa shape index (κ1) is 15.0. The first-order chi connectivity index (χ1) is 10.6. The summed E-state index contributed by atoms with van der Waals surface area (Å²) in [6, 6.07) is 9.54. The lowest BCUT2D eigenvalue weighted by Gasteiger charge is -2.43. The van der Waals surface area contributed by atoms with Gasteiger partial charge < -0.3 is 10.4 Å². The Labute approximate surface area is 130 Å². The van der Waals surface area contributed by atoms with Gasteiger partial charge in [-0.05, 0) is 44.2 Å². The average Bonchev–Trinajstić information content (AvgIpc) is 2.92. The molecule has 1 aliphatic carbocycles. The topological polar surface area (TPSA) is 69.6 Å². The molecular formula is C17H22N2O3. The van der Waals surface area contributed by atoms with E-state index in [0.29, 0.717) is 13.0 Å². The summed E-state index contributed by atoms with van der Waals surface area (Å²) in [5, 5.41) is 12.4. The number of likely N-dealkylation sites (tertiary alicyclic amines) is 1. The zero-order valence-corrected chi connectivity index (χ0v) is 12.6. The molecule has 1 heterocycles. The molecule has 1 aromatic rings. The van der Waals surface area contributed by atoms with Crippen LogP contribution in [0.2, 0.25) is 0 Å².